The van der Waals surface area contributed by atoms with E-state index in [9.17, 15) is 13.9 Å². The van der Waals surface area contributed by atoms with Gasteiger partial charge in [-0.05, 0) is 48.1 Å². The van der Waals surface area contributed by atoms with Crippen LogP contribution in [0.25, 0.3) is 0 Å². The summed E-state index contributed by atoms with van der Waals surface area (Å²) in [5.41, 5.74) is 1.13. The number of aliphatic hydroxyl groups excluding tert-OH is 1. The predicted octanol–water partition coefficient (Wildman–Crippen LogP) is 6.53. The normalized spacial score (nSPS) is 13.2. The van der Waals surface area contributed by atoms with E-state index < -0.39 is 17.6 Å². The van der Waals surface area contributed by atoms with Crippen molar-refractivity contribution < 1.29 is 23.4 Å². The molecule has 0 aliphatic rings. The fourth-order valence-electron chi connectivity index (χ4n) is 2.90. The van der Waals surface area contributed by atoms with Gasteiger partial charge in [0.1, 0.15) is 5.75 Å². The van der Waals surface area contributed by atoms with Gasteiger partial charge >= 0.3 is 6.11 Å². The largest absolute Gasteiger partial charge is 0.490 e. The van der Waals surface area contributed by atoms with Crippen molar-refractivity contribution in [1.82, 2.24) is 4.72 Å². The molecular formula is C22H26Cl3F2NO3S. The summed E-state index contributed by atoms with van der Waals surface area (Å²) < 4.78 is 41.1. The highest BCUT2D eigenvalue weighted by molar-refractivity contribution is 7.96. The number of nitrogens with one attached hydrogen (secondary N) is 1. The number of hydrogen-bond donors (Lipinski definition) is 2. The van der Waals surface area contributed by atoms with E-state index in [0.29, 0.717) is 34.7 Å². The van der Waals surface area contributed by atoms with Crippen LogP contribution in [0, 0.1) is 0 Å². The minimum atomic E-state index is -3.74. The molecule has 32 heavy (non-hydrogen) atoms. The zero-order valence-electron chi connectivity index (χ0n) is 17.9. The van der Waals surface area contributed by atoms with E-state index in [2.05, 4.69) is 4.72 Å². The maximum atomic E-state index is 14.1. The molecule has 1 atom stereocenters. The highest BCUT2D eigenvalue weighted by Gasteiger charge is 2.41. The zero-order valence-corrected chi connectivity index (χ0v) is 21.0. The molecule has 0 spiro atoms. The van der Waals surface area contributed by atoms with Crippen molar-refractivity contribution in [3.8, 4) is 11.5 Å². The molecule has 0 aromatic heterocycles. The average Bonchev–Trinajstić information content (AvgIpc) is 2.73. The molecule has 0 saturated carbocycles. The quantitative estimate of drug-likeness (QED) is 0.186. The minimum absolute atomic E-state index is 0.0585. The summed E-state index contributed by atoms with van der Waals surface area (Å²) in [6.07, 6.45) is -3.38. The molecule has 0 aliphatic carbocycles. The number of hydrogen-bond acceptors (Lipinski definition) is 5. The molecule has 0 bridgehead atoms. The molecule has 4 nitrogen and oxygen atoms in total. The van der Waals surface area contributed by atoms with Gasteiger partial charge in [0.2, 0.25) is 0 Å². The molecule has 1 unspecified atom stereocenters. The second-order valence-electron chi connectivity index (χ2n) is 7.54. The third-order valence-electron chi connectivity index (χ3n) is 4.88. The van der Waals surface area contributed by atoms with E-state index in [-0.39, 0.29) is 12.3 Å². The van der Waals surface area contributed by atoms with Gasteiger partial charge in [0.15, 0.2) is 11.9 Å². The van der Waals surface area contributed by atoms with Crippen LogP contribution in [0.15, 0.2) is 36.4 Å². The van der Waals surface area contributed by atoms with Gasteiger partial charge in [-0.3, -0.25) is 4.72 Å². The lowest BCUT2D eigenvalue weighted by Crippen LogP contribution is -2.44. The lowest BCUT2D eigenvalue weighted by molar-refractivity contribution is -0.236. The average molecular weight is 529 g/mol. The summed E-state index contributed by atoms with van der Waals surface area (Å²) >= 11 is 19.6. The van der Waals surface area contributed by atoms with Crippen LogP contribution < -0.4 is 14.2 Å². The molecule has 0 fully saturated rings. The molecular weight excluding hydrogens is 503 g/mol. The zero-order chi connectivity index (χ0) is 23.9. The predicted molar refractivity (Wildman–Crippen MR) is 129 cm³/mol. The summed E-state index contributed by atoms with van der Waals surface area (Å²) in [4.78, 5) is 0. The monoisotopic (exact) mass is 527 g/mol. The molecule has 2 N–H and O–H groups in total. The topological polar surface area (TPSA) is 50.7 Å². The van der Waals surface area contributed by atoms with E-state index in [1.807, 2.05) is 13.8 Å². The van der Waals surface area contributed by atoms with E-state index in [1.165, 1.54) is 12.1 Å². The Kier molecular flexibility index (Phi) is 10.2. The third-order valence-corrected chi connectivity index (χ3v) is 6.17. The van der Waals surface area contributed by atoms with Crippen LogP contribution in [0.3, 0.4) is 0 Å². The van der Waals surface area contributed by atoms with Crippen LogP contribution in [0.5, 0.6) is 11.5 Å². The lowest BCUT2D eigenvalue weighted by Gasteiger charge is -2.28. The maximum absolute atomic E-state index is 14.1. The van der Waals surface area contributed by atoms with Crippen molar-refractivity contribution in [2.45, 2.75) is 37.9 Å². The molecule has 2 rings (SSSR count). The second kappa shape index (κ2) is 12.0. The van der Waals surface area contributed by atoms with Crippen molar-refractivity contribution in [2.24, 2.45) is 0 Å². The minimum Gasteiger partial charge on any atom is -0.490 e. The van der Waals surface area contributed by atoms with Crippen LogP contribution in [0.2, 0.25) is 10.0 Å². The summed E-state index contributed by atoms with van der Waals surface area (Å²) in [6, 6.07) is 9.79. The Labute approximate surface area is 206 Å². The number of aliphatic hydroxyl groups is 1. The Hall–Kier alpha value is -0.960. The number of halogens is 5. The van der Waals surface area contributed by atoms with Crippen LogP contribution in [-0.4, -0.2) is 42.6 Å². The Morgan fingerprint density at radius 2 is 1.69 bits per heavy atom. The molecule has 0 saturated heterocycles. The van der Waals surface area contributed by atoms with Crippen molar-refractivity contribution in [1.29, 1.82) is 0 Å². The first-order valence-electron chi connectivity index (χ1n) is 9.82. The van der Waals surface area contributed by atoms with Crippen LogP contribution in [0.4, 0.5) is 8.78 Å². The van der Waals surface area contributed by atoms with Crippen molar-refractivity contribution >= 4 is 46.8 Å². The molecule has 0 heterocycles. The first-order chi connectivity index (χ1) is 15.0. The summed E-state index contributed by atoms with van der Waals surface area (Å²) in [5.74, 6) is 0.815. The van der Waals surface area contributed by atoms with Crippen molar-refractivity contribution in [3.05, 3.63) is 57.6 Å². The molecule has 10 heteroatoms. The Balaban J connectivity index is 2.19. The molecule has 0 amide bonds. The Morgan fingerprint density at radius 3 is 2.22 bits per heavy atom. The van der Waals surface area contributed by atoms with Gasteiger partial charge in [-0.25, -0.2) is 0 Å². The van der Waals surface area contributed by atoms with E-state index in [0.717, 1.165) is 23.1 Å². The Morgan fingerprint density at radius 1 is 1.09 bits per heavy atom. The Bertz CT molecular complexity index is 862. The summed E-state index contributed by atoms with van der Waals surface area (Å²) in [7, 11) is 0. The van der Waals surface area contributed by atoms with Gasteiger partial charge in [0.25, 0.3) is 0 Å². The smallest absolute Gasteiger partial charge is 0.425 e. The van der Waals surface area contributed by atoms with Crippen LogP contribution in [0.1, 0.15) is 31.4 Å². The highest BCUT2D eigenvalue weighted by atomic mass is 35.5. The summed E-state index contributed by atoms with van der Waals surface area (Å²) in [5, 5.41) is 10.4. The number of alkyl halides is 3. The van der Waals surface area contributed by atoms with E-state index >= 15 is 0 Å². The number of ether oxygens (including phenoxy) is 2. The first-order valence-corrected chi connectivity index (χ1v) is 12.3. The van der Waals surface area contributed by atoms with E-state index in [1.54, 1.807) is 30.5 Å². The van der Waals surface area contributed by atoms with Gasteiger partial charge in [-0.1, -0.05) is 61.1 Å². The lowest BCUT2D eigenvalue weighted by atomic mass is 9.78. The van der Waals surface area contributed by atoms with Crippen molar-refractivity contribution in [3.63, 3.8) is 0 Å². The van der Waals surface area contributed by atoms with E-state index in [4.69, 9.17) is 44.3 Å². The summed E-state index contributed by atoms with van der Waals surface area (Å²) in [6.45, 7) is 4.02. The molecule has 0 aliphatic heterocycles. The fourth-order valence-corrected chi connectivity index (χ4v) is 3.93. The second-order valence-corrected chi connectivity index (χ2v) is 9.43. The standard InChI is InChI=1S/C22H26Cl3F2NO3S/c1-21(2,15-11-17(24)20(18(25)12-15)30-10-4-9-23)14-5-7-16(8-6-14)31-22(26,27)19(29)13-28-32-3/h5-8,11-12,19,28-29H,4,9-10,13H2,1-3H3. The fraction of sp³-hybridized carbons (Fsp3) is 0.455. The number of rotatable bonds is 12. The first kappa shape index (κ1) is 27.3. The van der Waals surface area contributed by atoms with Gasteiger partial charge < -0.3 is 14.6 Å². The van der Waals surface area contributed by atoms with Gasteiger partial charge in [-0.15, -0.1) is 11.6 Å². The molecule has 178 valence electrons. The molecule has 2 aromatic rings. The van der Waals surface area contributed by atoms with Gasteiger partial charge in [0, 0.05) is 17.8 Å². The number of benzene rings is 2. The molecule has 0 radical (unpaired) electrons. The molecule has 2 aromatic carbocycles. The van der Waals surface area contributed by atoms with Gasteiger partial charge in [0.05, 0.1) is 16.7 Å². The van der Waals surface area contributed by atoms with Crippen molar-refractivity contribution in [2.75, 3.05) is 25.3 Å². The SMILES string of the molecule is CSNCC(O)C(F)(F)Oc1ccc(C(C)(C)c2cc(Cl)c(OCCCCl)c(Cl)c2)cc1. The van der Waals surface area contributed by atoms with Crippen LogP contribution in [-0.2, 0) is 5.41 Å². The van der Waals surface area contributed by atoms with Gasteiger partial charge in [-0.2, -0.15) is 8.78 Å². The third kappa shape index (κ3) is 7.02. The highest BCUT2D eigenvalue weighted by Crippen LogP contribution is 2.41. The maximum Gasteiger partial charge on any atom is 0.425 e. The van der Waals surface area contributed by atoms with Crippen LogP contribution >= 0.6 is 46.8 Å².